The Balaban J connectivity index is 2.32. The number of para-hydroxylation sites is 1. The number of anilines is 1. The third-order valence-corrected chi connectivity index (χ3v) is 3.66. The highest BCUT2D eigenvalue weighted by molar-refractivity contribution is 6.06. The maximum Gasteiger partial charge on any atom is 0.152 e. The first kappa shape index (κ1) is 15.7. The van der Waals surface area contributed by atoms with Gasteiger partial charge < -0.3 is 21.1 Å². The van der Waals surface area contributed by atoms with Crippen LogP contribution in [0.25, 0.3) is 21.9 Å². The lowest BCUT2D eigenvalue weighted by molar-refractivity contribution is 0.0618. The Bertz CT molecular complexity index is 849. The van der Waals surface area contributed by atoms with Crippen LogP contribution in [-0.4, -0.2) is 31.9 Å². The van der Waals surface area contributed by atoms with Crippen LogP contribution in [0.3, 0.4) is 0 Å². The average molecular weight is 314 g/mol. The molecular formula is C16H22N6O. The quantitative estimate of drug-likeness (QED) is 0.521. The summed E-state index contributed by atoms with van der Waals surface area (Å²) in [5, 5.41) is 14.3. The van der Waals surface area contributed by atoms with E-state index in [4.69, 9.17) is 11.5 Å². The molecular weight excluding hydrogens is 292 g/mol. The van der Waals surface area contributed by atoms with E-state index in [0.29, 0.717) is 31.1 Å². The lowest BCUT2D eigenvalue weighted by atomic mass is 10.1. The maximum absolute atomic E-state index is 10.3. The molecule has 3 rings (SSSR count). The molecule has 7 heteroatoms. The Morgan fingerprint density at radius 2 is 2.00 bits per heavy atom. The van der Waals surface area contributed by atoms with Gasteiger partial charge in [0, 0.05) is 12.1 Å². The van der Waals surface area contributed by atoms with Gasteiger partial charge in [0.2, 0.25) is 0 Å². The third kappa shape index (κ3) is 2.98. The first-order chi connectivity index (χ1) is 10.9. The molecule has 0 amide bonds. The molecule has 3 aromatic rings. The molecule has 7 nitrogen and oxygen atoms in total. The van der Waals surface area contributed by atoms with Gasteiger partial charge in [0.05, 0.1) is 29.7 Å². The first-order valence-corrected chi connectivity index (χ1v) is 7.57. The van der Waals surface area contributed by atoms with Crippen molar-refractivity contribution in [3.8, 4) is 0 Å². The zero-order valence-corrected chi connectivity index (χ0v) is 13.4. The van der Waals surface area contributed by atoms with Gasteiger partial charge in [-0.3, -0.25) is 5.32 Å². The molecule has 0 saturated carbocycles. The Hall–Kier alpha value is -2.22. The molecule has 0 aliphatic carbocycles. The van der Waals surface area contributed by atoms with E-state index in [9.17, 15) is 5.11 Å². The number of nitrogens with one attached hydrogen (secondary N) is 1. The van der Waals surface area contributed by atoms with E-state index >= 15 is 0 Å². The van der Waals surface area contributed by atoms with Crippen molar-refractivity contribution in [3.63, 3.8) is 0 Å². The zero-order valence-electron chi connectivity index (χ0n) is 13.4. The van der Waals surface area contributed by atoms with Crippen molar-refractivity contribution in [1.82, 2.24) is 19.9 Å². The number of aromatic nitrogens is 3. The van der Waals surface area contributed by atoms with Gasteiger partial charge in [0.15, 0.2) is 5.82 Å². The predicted octanol–water partition coefficient (Wildman–Crippen LogP) is 0.943. The van der Waals surface area contributed by atoms with Crippen LogP contribution in [0.5, 0.6) is 0 Å². The van der Waals surface area contributed by atoms with Gasteiger partial charge in [-0.25, -0.2) is 9.97 Å². The summed E-state index contributed by atoms with van der Waals surface area (Å²) in [6.45, 7) is 4.78. The Labute approximate surface area is 134 Å². The summed E-state index contributed by atoms with van der Waals surface area (Å²) in [4.78, 5) is 9.06. The van der Waals surface area contributed by atoms with Crippen LogP contribution >= 0.6 is 0 Å². The molecule has 0 spiro atoms. The van der Waals surface area contributed by atoms with E-state index in [1.54, 1.807) is 13.8 Å². The number of aliphatic hydroxyl groups is 1. The first-order valence-electron chi connectivity index (χ1n) is 7.57. The number of hydrogen-bond donors (Lipinski definition) is 4. The molecule has 0 fully saturated rings. The Morgan fingerprint density at radius 1 is 1.26 bits per heavy atom. The van der Waals surface area contributed by atoms with Crippen LogP contribution in [-0.2, 0) is 13.1 Å². The van der Waals surface area contributed by atoms with Crippen molar-refractivity contribution < 1.29 is 5.11 Å². The highest BCUT2D eigenvalue weighted by Crippen LogP contribution is 2.29. The summed E-state index contributed by atoms with van der Waals surface area (Å²) in [6.07, 6.45) is 0. The highest BCUT2D eigenvalue weighted by Gasteiger charge is 2.22. The molecule has 2 aromatic heterocycles. The fraction of sp³-hybridized carbons (Fsp3) is 0.375. The van der Waals surface area contributed by atoms with Crippen LogP contribution in [0.4, 0.5) is 5.82 Å². The second kappa shape index (κ2) is 5.77. The van der Waals surface area contributed by atoms with Gasteiger partial charge in [-0.2, -0.15) is 0 Å². The van der Waals surface area contributed by atoms with Crippen LogP contribution < -0.4 is 16.8 Å². The normalized spacial score (nSPS) is 12.3. The van der Waals surface area contributed by atoms with Crippen molar-refractivity contribution >= 4 is 27.8 Å². The molecule has 6 N–H and O–H groups in total. The van der Waals surface area contributed by atoms with Gasteiger partial charge >= 0.3 is 0 Å². The zero-order chi connectivity index (χ0) is 16.6. The second-order valence-corrected chi connectivity index (χ2v) is 6.27. The molecule has 122 valence electrons. The number of nitrogens with two attached hydrogens (primary N) is 2. The van der Waals surface area contributed by atoms with Crippen molar-refractivity contribution in [2.75, 3.05) is 12.4 Å². The van der Waals surface area contributed by atoms with E-state index in [2.05, 4.69) is 15.3 Å². The van der Waals surface area contributed by atoms with Crippen molar-refractivity contribution in [2.45, 2.75) is 32.5 Å². The summed E-state index contributed by atoms with van der Waals surface area (Å²) in [6, 6.07) is 7.80. The van der Waals surface area contributed by atoms with E-state index in [-0.39, 0.29) is 0 Å². The van der Waals surface area contributed by atoms with Gasteiger partial charge in [-0.15, -0.1) is 0 Å². The van der Waals surface area contributed by atoms with Crippen LogP contribution in [0.1, 0.15) is 19.7 Å². The smallest absolute Gasteiger partial charge is 0.152 e. The molecule has 0 atom stereocenters. The molecule has 0 aliphatic heterocycles. The molecule has 0 saturated heterocycles. The van der Waals surface area contributed by atoms with Gasteiger partial charge in [-0.05, 0) is 19.9 Å². The predicted molar refractivity (Wildman–Crippen MR) is 91.6 cm³/mol. The van der Waals surface area contributed by atoms with Crippen molar-refractivity contribution in [2.24, 2.45) is 5.73 Å². The molecule has 0 aliphatic rings. The van der Waals surface area contributed by atoms with Gasteiger partial charge in [-0.1, -0.05) is 18.2 Å². The molecule has 0 bridgehead atoms. The van der Waals surface area contributed by atoms with Gasteiger partial charge in [0.25, 0.3) is 0 Å². The van der Waals surface area contributed by atoms with Gasteiger partial charge in [0.1, 0.15) is 11.3 Å². The third-order valence-electron chi connectivity index (χ3n) is 3.66. The number of hydrogen-bond acceptors (Lipinski definition) is 6. The number of benzene rings is 1. The van der Waals surface area contributed by atoms with Crippen LogP contribution in [0.2, 0.25) is 0 Å². The van der Waals surface area contributed by atoms with E-state index < -0.39 is 5.60 Å². The number of nitrogens with zero attached hydrogens (tertiary/aromatic N) is 3. The molecule has 1 aromatic carbocycles. The number of nitrogen functional groups attached to an aromatic ring is 1. The summed E-state index contributed by atoms with van der Waals surface area (Å²) in [5.41, 5.74) is 13.1. The minimum atomic E-state index is -0.885. The lowest BCUT2D eigenvalue weighted by Crippen LogP contribution is -2.29. The van der Waals surface area contributed by atoms with Crippen LogP contribution in [0.15, 0.2) is 24.3 Å². The minimum Gasteiger partial charge on any atom is -0.389 e. The molecule has 0 radical (unpaired) electrons. The molecule has 0 unspecified atom stereocenters. The standard InChI is InChI=1S/C16H22N6O/c1-16(2,23)8-22-12(7-19-9-17)21-13-14(22)10-5-3-4-6-11(10)20-15(13)18/h3-6,19,23H,7-9,17H2,1-2H3,(H2,18,20). The lowest BCUT2D eigenvalue weighted by Gasteiger charge is -2.20. The summed E-state index contributed by atoms with van der Waals surface area (Å²) in [5.74, 6) is 1.17. The summed E-state index contributed by atoms with van der Waals surface area (Å²) < 4.78 is 2.00. The average Bonchev–Trinajstić information content (AvgIpc) is 2.83. The van der Waals surface area contributed by atoms with Crippen molar-refractivity contribution in [3.05, 3.63) is 30.1 Å². The second-order valence-electron chi connectivity index (χ2n) is 6.27. The summed E-state index contributed by atoms with van der Waals surface area (Å²) in [7, 11) is 0. The highest BCUT2D eigenvalue weighted by atomic mass is 16.3. The Kier molecular flexibility index (Phi) is 3.93. The fourth-order valence-electron chi connectivity index (χ4n) is 2.78. The number of pyridine rings is 1. The monoisotopic (exact) mass is 314 g/mol. The van der Waals surface area contributed by atoms with E-state index in [1.165, 1.54) is 0 Å². The maximum atomic E-state index is 10.3. The topological polar surface area (TPSA) is 115 Å². The minimum absolute atomic E-state index is 0.347. The van der Waals surface area contributed by atoms with Crippen LogP contribution in [0, 0.1) is 0 Å². The van der Waals surface area contributed by atoms with E-state index in [1.807, 2.05) is 28.8 Å². The summed E-state index contributed by atoms with van der Waals surface area (Å²) >= 11 is 0. The molecule has 23 heavy (non-hydrogen) atoms. The number of rotatable bonds is 5. The molecule has 2 heterocycles. The van der Waals surface area contributed by atoms with Crippen molar-refractivity contribution in [1.29, 1.82) is 0 Å². The Morgan fingerprint density at radius 3 is 2.70 bits per heavy atom. The fourth-order valence-corrected chi connectivity index (χ4v) is 2.78. The largest absolute Gasteiger partial charge is 0.389 e. The number of imidazole rings is 1. The van der Waals surface area contributed by atoms with E-state index in [0.717, 1.165) is 22.2 Å². The number of fused-ring (bicyclic) bond motifs is 3. The SMILES string of the molecule is CC(C)(O)Cn1c(CNCN)nc2c(N)nc3ccccc3c21.